The van der Waals surface area contributed by atoms with E-state index in [4.69, 9.17) is 11.6 Å². The van der Waals surface area contributed by atoms with E-state index >= 15 is 0 Å². The van der Waals surface area contributed by atoms with Crippen LogP contribution >= 0.6 is 11.6 Å². The van der Waals surface area contributed by atoms with Gasteiger partial charge in [0.15, 0.2) is 0 Å². The summed E-state index contributed by atoms with van der Waals surface area (Å²) in [5, 5.41) is 7.51. The molecule has 1 fully saturated rings. The van der Waals surface area contributed by atoms with E-state index in [9.17, 15) is 14.4 Å². The van der Waals surface area contributed by atoms with E-state index in [1.807, 2.05) is 0 Å². The Morgan fingerprint density at radius 1 is 1.39 bits per heavy atom. The Hall–Kier alpha value is -2.08. The molecule has 0 bridgehead atoms. The molecule has 1 aromatic rings. The molecule has 18 heavy (non-hydrogen) atoms. The van der Waals surface area contributed by atoms with E-state index in [2.05, 4.69) is 16.0 Å². The Balaban J connectivity index is 1.93. The second-order valence-electron chi connectivity index (χ2n) is 3.78. The molecular weight excluding hydrogens is 258 g/mol. The molecule has 0 radical (unpaired) electrons. The number of nitrogens with one attached hydrogen (secondary N) is 3. The van der Waals surface area contributed by atoms with Crippen molar-refractivity contribution in [2.45, 2.75) is 12.5 Å². The lowest BCUT2D eigenvalue weighted by Gasteiger charge is -2.10. The molecule has 0 spiro atoms. The van der Waals surface area contributed by atoms with Gasteiger partial charge in [-0.3, -0.25) is 14.9 Å². The third kappa shape index (κ3) is 2.98. The Kier molecular flexibility index (Phi) is 3.47. The zero-order chi connectivity index (χ0) is 13.1. The Labute approximate surface area is 108 Å². The normalized spacial score (nSPS) is 18.4. The van der Waals surface area contributed by atoms with Crippen LogP contribution in [0.15, 0.2) is 24.3 Å². The second kappa shape index (κ2) is 5.05. The molecule has 1 unspecified atom stereocenters. The fraction of sp³-hybridized carbons (Fsp3) is 0.182. The molecule has 1 aliphatic heterocycles. The highest BCUT2D eigenvalue weighted by Gasteiger charge is 2.31. The summed E-state index contributed by atoms with van der Waals surface area (Å²) in [6.07, 6.45) is -0.0399. The Bertz CT molecular complexity index is 518. The molecular formula is C11H10ClN3O3. The lowest BCUT2D eigenvalue weighted by atomic mass is 10.2. The first-order chi connectivity index (χ1) is 8.54. The standard InChI is InChI=1S/C11H10ClN3O3/c12-6-2-1-3-7(4-6)13-11(18)14-8-5-9(16)15-10(8)17/h1-4,8H,5H2,(H2,13,14,18)(H,15,16,17). The third-order valence-electron chi connectivity index (χ3n) is 2.36. The minimum absolute atomic E-state index is 0.0399. The van der Waals surface area contributed by atoms with Gasteiger partial charge in [-0.15, -0.1) is 0 Å². The summed E-state index contributed by atoms with van der Waals surface area (Å²) in [5.41, 5.74) is 0.504. The third-order valence-corrected chi connectivity index (χ3v) is 2.59. The summed E-state index contributed by atoms with van der Waals surface area (Å²) in [5.74, 6) is -0.894. The van der Waals surface area contributed by atoms with Crippen LogP contribution in [0.2, 0.25) is 5.02 Å². The number of imide groups is 1. The molecule has 0 aliphatic carbocycles. The molecule has 7 heteroatoms. The van der Waals surface area contributed by atoms with Crippen LogP contribution in [0.25, 0.3) is 0 Å². The quantitative estimate of drug-likeness (QED) is 0.695. The minimum atomic E-state index is -0.823. The van der Waals surface area contributed by atoms with Gasteiger partial charge < -0.3 is 10.6 Å². The SMILES string of the molecule is O=C1CC(NC(=O)Nc2cccc(Cl)c2)C(=O)N1. The maximum atomic E-state index is 11.6. The fourth-order valence-electron chi connectivity index (χ4n) is 1.56. The largest absolute Gasteiger partial charge is 0.326 e. The van der Waals surface area contributed by atoms with Crippen LogP contribution in [-0.4, -0.2) is 23.9 Å². The zero-order valence-corrected chi connectivity index (χ0v) is 9.95. The lowest BCUT2D eigenvalue weighted by molar-refractivity contribution is -0.125. The van der Waals surface area contributed by atoms with Gasteiger partial charge in [-0.1, -0.05) is 17.7 Å². The van der Waals surface area contributed by atoms with Crippen LogP contribution in [0, 0.1) is 0 Å². The van der Waals surface area contributed by atoms with E-state index in [-0.39, 0.29) is 6.42 Å². The first kappa shape index (κ1) is 12.4. The van der Waals surface area contributed by atoms with E-state index < -0.39 is 23.9 Å². The summed E-state index contributed by atoms with van der Waals surface area (Å²) >= 11 is 5.76. The number of halogens is 1. The molecule has 1 aromatic carbocycles. The van der Waals surface area contributed by atoms with Crippen molar-refractivity contribution in [3.63, 3.8) is 0 Å². The molecule has 1 saturated heterocycles. The number of hydrogen-bond acceptors (Lipinski definition) is 3. The average molecular weight is 268 g/mol. The van der Waals surface area contributed by atoms with Crippen molar-refractivity contribution >= 4 is 35.1 Å². The Morgan fingerprint density at radius 2 is 2.17 bits per heavy atom. The highest BCUT2D eigenvalue weighted by Crippen LogP contribution is 2.14. The molecule has 1 aliphatic rings. The van der Waals surface area contributed by atoms with Crippen molar-refractivity contribution in [3.8, 4) is 0 Å². The van der Waals surface area contributed by atoms with E-state index in [1.165, 1.54) is 0 Å². The van der Waals surface area contributed by atoms with Crippen LogP contribution in [0.1, 0.15) is 6.42 Å². The van der Waals surface area contributed by atoms with Crippen LogP contribution in [0.4, 0.5) is 10.5 Å². The molecule has 0 saturated carbocycles. The highest BCUT2D eigenvalue weighted by atomic mass is 35.5. The molecule has 2 rings (SSSR count). The molecule has 94 valence electrons. The van der Waals surface area contributed by atoms with E-state index in [0.29, 0.717) is 10.7 Å². The van der Waals surface area contributed by atoms with Crippen molar-refractivity contribution in [2.24, 2.45) is 0 Å². The first-order valence-electron chi connectivity index (χ1n) is 5.21. The number of rotatable bonds is 2. The Morgan fingerprint density at radius 3 is 2.78 bits per heavy atom. The van der Waals surface area contributed by atoms with Gasteiger partial charge in [0.05, 0.1) is 6.42 Å². The predicted octanol–water partition coefficient (Wildman–Crippen LogP) is 0.877. The van der Waals surface area contributed by atoms with Crippen LogP contribution in [0.3, 0.4) is 0 Å². The van der Waals surface area contributed by atoms with E-state index in [0.717, 1.165) is 0 Å². The maximum absolute atomic E-state index is 11.6. The fourth-order valence-corrected chi connectivity index (χ4v) is 1.75. The molecule has 1 atom stereocenters. The number of amides is 4. The summed E-state index contributed by atoms with van der Waals surface area (Å²) in [6, 6.07) is 5.20. The van der Waals surface area contributed by atoms with Gasteiger partial charge in [-0.05, 0) is 18.2 Å². The first-order valence-corrected chi connectivity index (χ1v) is 5.59. The average Bonchev–Trinajstić information content (AvgIpc) is 2.57. The highest BCUT2D eigenvalue weighted by molar-refractivity contribution is 6.30. The second-order valence-corrected chi connectivity index (χ2v) is 4.21. The van der Waals surface area contributed by atoms with Gasteiger partial charge in [-0.25, -0.2) is 4.79 Å². The van der Waals surface area contributed by atoms with Gasteiger partial charge in [0.1, 0.15) is 6.04 Å². The van der Waals surface area contributed by atoms with Gasteiger partial charge in [0, 0.05) is 10.7 Å². The molecule has 1 heterocycles. The van der Waals surface area contributed by atoms with E-state index in [1.54, 1.807) is 24.3 Å². The molecule has 6 nitrogen and oxygen atoms in total. The number of hydrogen-bond donors (Lipinski definition) is 3. The zero-order valence-electron chi connectivity index (χ0n) is 9.20. The number of carbonyl (C=O) groups excluding carboxylic acids is 3. The van der Waals surface area contributed by atoms with Gasteiger partial charge >= 0.3 is 6.03 Å². The van der Waals surface area contributed by atoms with Gasteiger partial charge in [0.2, 0.25) is 11.8 Å². The molecule has 0 aromatic heterocycles. The minimum Gasteiger partial charge on any atom is -0.326 e. The van der Waals surface area contributed by atoms with Crippen molar-refractivity contribution in [1.29, 1.82) is 0 Å². The summed E-state index contributed by atoms with van der Waals surface area (Å²) in [6.45, 7) is 0. The van der Waals surface area contributed by atoms with Crippen molar-refractivity contribution < 1.29 is 14.4 Å². The molecule has 3 N–H and O–H groups in total. The monoisotopic (exact) mass is 267 g/mol. The lowest BCUT2D eigenvalue weighted by Crippen LogP contribution is -2.42. The predicted molar refractivity (Wildman–Crippen MR) is 65.2 cm³/mol. The number of anilines is 1. The van der Waals surface area contributed by atoms with Crippen LogP contribution < -0.4 is 16.0 Å². The number of carbonyl (C=O) groups is 3. The number of benzene rings is 1. The smallest absolute Gasteiger partial charge is 0.319 e. The maximum Gasteiger partial charge on any atom is 0.319 e. The summed E-state index contributed by atoms with van der Waals surface area (Å²) < 4.78 is 0. The number of urea groups is 1. The van der Waals surface area contributed by atoms with Crippen molar-refractivity contribution in [2.75, 3.05) is 5.32 Å². The summed E-state index contributed by atoms with van der Waals surface area (Å²) in [4.78, 5) is 33.7. The summed E-state index contributed by atoms with van der Waals surface area (Å²) in [7, 11) is 0. The van der Waals surface area contributed by atoms with Gasteiger partial charge in [0.25, 0.3) is 0 Å². The van der Waals surface area contributed by atoms with Crippen LogP contribution in [-0.2, 0) is 9.59 Å². The van der Waals surface area contributed by atoms with Gasteiger partial charge in [-0.2, -0.15) is 0 Å². The topological polar surface area (TPSA) is 87.3 Å². The van der Waals surface area contributed by atoms with Crippen LogP contribution in [0.5, 0.6) is 0 Å². The van der Waals surface area contributed by atoms with Crippen molar-refractivity contribution in [3.05, 3.63) is 29.3 Å². The van der Waals surface area contributed by atoms with Crippen molar-refractivity contribution in [1.82, 2.24) is 10.6 Å². The molecule has 4 amide bonds.